The van der Waals surface area contributed by atoms with E-state index in [1.54, 1.807) is 25.3 Å². The molecule has 0 heterocycles. The smallest absolute Gasteiger partial charge is 0.143 e. The van der Waals surface area contributed by atoms with Crippen LogP contribution in [0.5, 0.6) is 5.75 Å². The number of halogens is 2. The molecule has 96 valence electrons. The molecular weight excluding hydrogens is 311 g/mol. The zero-order valence-corrected chi connectivity index (χ0v) is 11.7. The highest BCUT2D eigenvalue weighted by molar-refractivity contribution is 9.10. The summed E-state index contributed by atoms with van der Waals surface area (Å²) in [6.45, 7) is 0. The van der Waals surface area contributed by atoms with Gasteiger partial charge in [0.1, 0.15) is 17.6 Å². The number of methoxy groups -OCH3 is 1. The van der Waals surface area contributed by atoms with E-state index >= 15 is 0 Å². The molecule has 2 rings (SSSR count). The molecule has 0 atom stereocenters. The second-order valence-corrected chi connectivity index (χ2v) is 4.64. The summed E-state index contributed by atoms with van der Waals surface area (Å²) in [7, 11) is 1.59. The molecule has 0 aliphatic heterocycles. The third kappa shape index (κ3) is 3.04. The van der Waals surface area contributed by atoms with Gasteiger partial charge in [0.2, 0.25) is 0 Å². The van der Waals surface area contributed by atoms with Crippen LogP contribution in [0.25, 0.3) is 0 Å². The Morgan fingerprint density at radius 3 is 2.47 bits per heavy atom. The molecule has 0 amide bonds. The summed E-state index contributed by atoms with van der Waals surface area (Å²) in [5.41, 5.74) is 1.40. The molecule has 2 aromatic rings. The maximum absolute atomic E-state index is 13.5. The van der Waals surface area contributed by atoms with Gasteiger partial charge in [0.05, 0.1) is 17.1 Å². The van der Waals surface area contributed by atoms with E-state index in [-0.39, 0.29) is 5.56 Å². The van der Waals surface area contributed by atoms with Crippen molar-refractivity contribution in [3.05, 3.63) is 52.3 Å². The minimum Gasteiger partial charge on any atom is -0.496 e. The highest BCUT2D eigenvalue weighted by atomic mass is 79.9. The Labute approximate surface area is 118 Å². The maximum Gasteiger partial charge on any atom is 0.143 e. The highest BCUT2D eigenvalue weighted by Crippen LogP contribution is 2.29. The number of ether oxygens (including phenoxy) is 1. The SMILES string of the molecule is COc1ccc(Nc2ccc(C#N)c(F)c2)cc1Br. The van der Waals surface area contributed by atoms with E-state index in [9.17, 15) is 4.39 Å². The van der Waals surface area contributed by atoms with Crippen molar-refractivity contribution in [3.8, 4) is 11.8 Å². The van der Waals surface area contributed by atoms with Crippen LogP contribution in [0.4, 0.5) is 15.8 Å². The summed E-state index contributed by atoms with van der Waals surface area (Å²) in [6.07, 6.45) is 0. The third-order valence-corrected chi connectivity index (χ3v) is 3.15. The van der Waals surface area contributed by atoms with Crippen LogP contribution in [0.2, 0.25) is 0 Å². The van der Waals surface area contributed by atoms with Crippen LogP contribution < -0.4 is 10.1 Å². The van der Waals surface area contributed by atoms with Gasteiger partial charge >= 0.3 is 0 Å². The number of rotatable bonds is 3. The van der Waals surface area contributed by atoms with Crippen molar-refractivity contribution in [2.75, 3.05) is 12.4 Å². The number of nitrogens with zero attached hydrogens (tertiary/aromatic N) is 1. The molecule has 5 heteroatoms. The average Bonchev–Trinajstić information content (AvgIpc) is 2.39. The minimum absolute atomic E-state index is 0.0291. The van der Waals surface area contributed by atoms with Crippen molar-refractivity contribution in [2.24, 2.45) is 0 Å². The van der Waals surface area contributed by atoms with Gasteiger partial charge in [-0.2, -0.15) is 5.26 Å². The van der Waals surface area contributed by atoms with Gasteiger partial charge in [0, 0.05) is 11.4 Å². The number of hydrogen-bond donors (Lipinski definition) is 1. The van der Waals surface area contributed by atoms with Crippen molar-refractivity contribution in [1.29, 1.82) is 5.26 Å². The second kappa shape index (κ2) is 5.72. The van der Waals surface area contributed by atoms with Gasteiger partial charge in [-0.1, -0.05) is 0 Å². The zero-order valence-electron chi connectivity index (χ0n) is 10.1. The zero-order chi connectivity index (χ0) is 13.8. The molecule has 0 aromatic heterocycles. The topological polar surface area (TPSA) is 45.0 Å². The number of nitriles is 1. The summed E-state index contributed by atoms with van der Waals surface area (Å²) in [5.74, 6) is 0.177. The van der Waals surface area contributed by atoms with Gasteiger partial charge in [-0.05, 0) is 52.3 Å². The molecule has 0 spiro atoms. The second-order valence-electron chi connectivity index (χ2n) is 3.78. The van der Waals surface area contributed by atoms with Crippen molar-refractivity contribution < 1.29 is 9.13 Å². The maximum atomic E-state index is 13.5. The molecule has 0 unspecified atom stereocenters. The molecule has 3 nitrogen and oxygen atoms in total. The Kier molecular flexibility index (Phi) is 4.03. The highest BCUT2D eigenvalue weighted by Gasteiger charge is 2.05. The van der Waals surface area contributed by atoms with E-state index in [0.717, 1.165) is 15.9 Å². The van der Waals surface area contributed by atoms with Crippen LogP contribution in [0.3, 0.4) is 0 Å². The Hall–Kier alpha value is -2.06. The first kappa shape index (κ1) is 13.4. The molecule has 1 N–H and O–H groups in total. The molecule has 0 saturated carbocycles. The lowest BCUT2D eigenvalue weighted by Gasteiger charge is -2.09. The van der Waals surface area contributed by atoms with E-state index in [0.29, 0.717) is 5.69 Å². The monoisotopic (exact) mass is 320 g/mol. The van der Waals surface area contributed by atoms with Crippen LogP contribution in [0.1, 0.15) is 5.56 Å². The predicted octanol–water partition coefficient (Wildman–Crippen LogP) is 4.21. The van der Waals surface area contributed by atoms with E-state index in [1.807, 2.05) is 12.1 Å². The predicted molar refractivity (Wildman–Crippen MR) is 75.1 cm³/mol. The molecule has 0 aliphatic carbocycles. The van der Waals surface area contributed by atoms with Gasteiger partial charge in [-0.3, -0.25) is 0 Å². The number of benzene rings is 2. The number of nitrogens with one attached hydrogen (secondary N) is 1. The normalized spacial score (nSPS) is 9.79. The summed E-state index contributed by atoms with van der Waals surface area (Å²) in [4.78, 5) is 0. The molecule has 2 aromatic carbocycles. The quantitative estimate of drug-likeness (QED) is 0.921. The lowest BCUT2D eigenvalue weighted by Crippen LogP contribution is -1.93. The van der Waals surface area contributed by atoms with Gasteiger partial charge in [-0.25, -0.2) is 4.39 Å². The first-order chi connectivity index (χ1) is 9.13. The number of anilines is 2. The average molecular weight is 321 g/mol. The van der Waals surface area contributed by atoms with E-state index in [4.69, 9.17) is 10.00 Å². The van der Waals surface area contributed by atoms with Crippen molar-refractivity contribution in [1.82, 2.24) is 0 Å². The van der Waals surface area contributed by atoms with Crippen molar-refractivity contribution >= 4 is 27.3 Å². The largest absolute Gasteiger partial charge is 0.496 e. The molecule has 0 fully saturated rings. The van der Waals surface area contributed by atoms with Crippen molar-refractivity contribution in [2.45, 2.75) is 0 Å². The Morgan fingerprint density at radius 2 is 1.89 bits per heavy atom. The summed E-state index contributed by atoms with van der Waals surface area (Å²) < 4.78 is 19.4. The van der Waals surface area contributed by atoms with Crippen LogP contribution in [0, 0.1) is 17.1 Å². The fourth-order valence-electron chi connectivity index (χ4n) is 1.59. The van der Waals surface area contributed by atoms with Gasteiger partial charge in [-0.15, -0.1) is 0 Å². The van der Waals surface area contributed by atoms with Crippen LogP contribution in [-0.2, 0) is 0 Å². The van der Waals surface area contributed by atoms with Gasteiger partial charge in [0.25, 0.3) is 0 Å². The minimum atomic E-state index is -0.542. The standard InChI is InChI=1S/C14H10BrFN2O/c1-19-14-5-4-10(6-12(14)15)18-11-3-2-9(8-17)13(16)7-11/h2-7,18H,1H3. The summed E-state index contributed by atoms with van der Waals surface area (Å²) in [6, 6.07) is 11.6. The van der Waals surface area contributed by atoms with Crippen LogP contribution in [-0.4, -0.2) is 7.11 Å². The molecule has 0 aliphatic rings. The first-order valence-electron chi connectivity index (χ1n) is 5.44. The Bertz CT molecular complexity index is 652. The summed E-state index contributed by atoms with van der Waals surface area (Å²) >= 11 is 3.38. The fourth-order valence-corrected chi connectivity index (χ4v) is 2.13. The van der Waals surface area contributed by atoms with Gasteiger partial charge in [0.15, 0.2) is 0 Å². The fraction of sp³-hybridized carbons (Fsp3) is 0.0714. The molecule has 19 heavy (non-hydrogen) atoms. The van der Waals surface area contributed by atoms with E-state index < -0.39 is 5.82 Å². The molecule has 0 bridgehead atoms. The Balaban J connectivity index is 2.24. The molecular formula is C14H10BrFN2O. The van der Waals surface area contributed by atoms with E-state index in [1.165, 1.54) is 12.1 Å². The first-order valence-corrected chi connectivity index (χ1v) is 6.23. The third-order valence-electron chi connectivity index (χ3n) is 2.53. The molecule has 0 radical (unpaired) electrons. The number of hydrogen-bond acceptors (Lipinski definition) is 3. The Morgan fingerprint density at radius 1 is 1.21 bits per heavy atom. The van der Waals surface area contributed by atoms with Gasteiger partial charge < -0.3 is 10.1 Å². The van der Waals surface area contributed by atoms with E-state index in [2.05, 4.69) is 21.2 Å². The van der Waals surface area contributed by atoms with Crippen LogP contribution in [0.15, 0.2) is 40.9 Å². The lowest BCUT2D eigenvalue weighted by atomic mass is 10.2. The van der Waals surface area contributed by atoms with Crippen molar-refractivity contribution in [3.63, 3.8) is 0 Å². The summed E-state index contributed by atoms with van der Waals surface area (Å²) in [5, 5.41) is 11.7. The lowest BCUT2D eigenvalue weighted by molar-refractivity contribution is 0.412. The molecule has 0 saturated heterocycles. The van der Waals surface area contributed by atoms with Crippen LogP contribution >= 0.6 is 15.9 Å².